The quantitative estimate of drug-likeness (QED) is 0.236. The molecule has 0 bridgehead atoms. The maximum atomic E-state index is 13.6. The van der Waals surface area contributed by atoms with Gasteiger partial charge in [-0.25, -0.2) is 14.8 Å². The third-order valence-electron chi connectivity index (χ3n) is 5.45. The van der Waals surface area contributed by atoms with E-state index in [1.807, 2.05) is 19.1 Å². The molecule has 10 heteroatoms. The molecule has 0 saturated heterocycles. The van der Waals surface area contributed by atoms with E-state index in [0.29, 0.717) is 32.8 Å². The van der Waals surface area contributed by atoms with Gasteiger partial charge in [-0.15, -0.1) is 11.3 Å². The monoisotopic (exact) mass is 529 g/mol. The second kappa shape index (κ2) is 9.00. The largest absolute Gasteiger partial charge is 0.477 e. The Morgan fingerprint density at radius 1 is 1.06 bits per heavy atom. The van der Waals surface area contributed by atoms with Crippen molar-refractivity contribution in [3.8, 4) is 28.1 Å². The van der Waals surface area contributed by atoms with E-state index in [0.717, 1.165) is 16.0 Å². The molecule has 1 aromatic carbocycles. The van der Waals surface area contributed by atoms with Crippen LogP contribution in [0, 0.1) is 6.92 Å². The molecule has 0 atom stereocenters. The van der Waals surface area contributed by atoms with Crippen LogP contribution in [0.3, 0.4) is 0 Å². The van der Waals surface area contributed by atoms with Crippen molar-refractivity contribution in [3.05, 3.63) is 96.5 Å². The van der Waals surface area contributed by atoms with Crippen LogP contribution in [0.15, 0.2) is 65.8 Å². The van der Waals surface area contributed by atoms with Crippen molar-refractivity contribution in [3.63, 3.8) is 0 Å². The fraction of sp³-hybridized carbons (Fsp3) is 0.0833. The average Bonchev–Trinajstić information content (AvgIpc) is 3.22. The summed E-state index contributed by atoms with van der Waals surface area (Å²) in [5.74, 6) is -0.152. The number of pyridine rings is 2. The van der Waals surface area contributed by atoms with Crippen molar-refractivity contribution >= 4 is 51.8 Å². The predicted octanol–water partition coefficient (Wildman–Crippen LogP) is 5.80. The van der Waals surface area contributed by atoms with Crippen LogP contribution in [0.4, 0.5) is 0 Å². The van der Waals surface area contributed by atoms with Gasteiger partial charge in [0.15, 0.2) is 10.0 Å². The van der Waals surface area contributed by atoms with Crippen LogP contribution in [0.25, 0.3) is 27.9 Å². The highest BCUT2D eigenvalue weighted by atomic mass is 35.5. The summed E-state index contributed by atoms with van der Waals surface area (Å²) in [4.78, 5) is 22.6. The molecule has 0 aliphatic rings. The van der Waals surface area contributed by atoms with Crippen LogP contribution in [0.5, 0.6) is 5.88 Å². The number of aryl methyl sites for hydroxylation is 1. The number of aromatic nitrogens is 4. The maximum absolute atomic E-state index is 13.6. The number of fused-ring (bicyclic) bond motifs is 1. The van der Waals surface area contributed by atoms with Gasteiger partial charge in [0.25, 0.3) is 11.5 Å². The fourth-order valence-electron chi connectivity index (χ4n) is 3.94. The number of benzene rings is 1. The molecule has 0 aliphatic carbocycles. The minimum absolute atomic E-state index is 0.152. The minimum Gasteiger partial charge on any atom is -0.477 e. The molecular formula is C24H16Cl3N4O2S+. The molecule has 0 radical (unpaired) electrons. The molecule has 34 heavy (non-hydrogen) atoms. The van der Waals surface area contributed by atoms with Crippen molar-refractivity contribution in [1.82, 2.24) is 14.4 Å². The topological polar surface area (TPSA) is 71.4 Å². The van der Waals surface area contributed by atoms with Gasteiger partial charge < -0.3 is 5.11 Å². The molecule has 6 nitrogen and oxygen atoms in total. The van der Waals surface area contributed by atoms with E-state index in [2.05, 4.69) is 9.97 Å². The first-order valence-corrected chi connectivity index (χ1v) is 12.1. The Labute approximate surface area is 213 Å². The van der Waals surface area contributed by atoms with Gasteiger partial charge in [-0.05, 0) is 42.3 Å². The lowest BCUT2D eigenvalue weighted by atomic mass is 10.0. The number of rotatable bonds is 4. The van der Waals surface area contributed by atoms with E-state index >= 15 is 0 Å². The minimum atomic E-state index is -0.340. The summed E-state index contributed by atoms with van der Waals surface area (Å²) in [5, 5.41) is 12.1. The highest BCUT2D eigenvalue weighted by Crippen LogP contribution is 2.33. The van der Waals surface area contributed by atoms with Crippen molar-refractivity contribution in [2.75, 3.05) is 0 Å². The van der Waals surface area contributed by atoms with Crippen LogP contribution in [0.1, 0.15) is 10.4 Å². The van der Waals surface area contributed by atoms with Crippen molar-refractivity contribution in [1.29, 1.82) is 0 Å². The lowest BCUT2D eigenvalue weighted by Crippen LogP contribution is -2.41. The molecule has 0 saturated carbocycles. The van der Waals surface area contributed by atoms with Gasteiger partial charge >= 0.3 is 5.56 Å². The van der Waals surface area contributed by atoms with Gasteiger partial charge in [0.05, 0.1) is 16.1 Å². The Bertz CT molecular complexity index is 1630. The van der Waals surface area contributed by atoms with Gasteiger partial charge in [0, 0.05) is 23.5 Å². The second-order valence-corrected chi connectivity index (χ2v) is 10.1. The van der Waals surface area contributed by atoms with E-state index in [4.69, 9.17) is 34.8 Å². The van der Waals surface area contributed by atoms with E-state index < -0.39 is 0 Å². The fourth-order valence-corrected chi connectivity index (χ4v) is 5.39. The lowest BCUT2D eigenvalue weighted by Gasteiger charge is -2.12. The number of nitrogens with zero attached hydrogens (tertiary/aromatic N) is 4. The maximum Gasteiger partial charge on any atom is 0.354 e. The van der Waals surface area contributed by atoms with Gasteiger partial charge in [0.2, 0.25) is 0 Å². The zero-order valence-corrected chi connectivity index (χ0v) is 20.8. The van der Waals surface area contributed by atoms with Crippen LogP contribution >= 0.6 is 46.1 Å². The zero-order chi connectivity index (χ0) is 24.0. The molecule has 0 aliphatic heterocycles. The molecule has 4 aromatic heterocycles. The molecule has 5 aromatic rings. The standard InChI is InChI=1S/C24H15Cl3N4O2S/c1-13-4-3-7-30-21(13)31(12-16-10-29-24(27)34-16)23(33)20(22(30)32)15-6-2-5-14(8-15)17-11-28-19(26)9-18(17)25/h2-11H,12H2,1H3/p+1. The van der Waals surface area contributed by atoms with E-state index in [1.54, 1.807) is 53.5 Å². The third-order valence-corrected chi connectivity index (χ3v) is 7.07. The first kappa shape index (κ1) is 22.8. The molecule has 0 spiro atoms. The summed E-state index contributed by atoms with van der Waals surface area (Å²) in [5.41, 5.74) is 3.19. The number of halogens is 3. The SMILES string of the molecule is Cc1cccn2c(=O)c(-c3cccc(-c4cnc(Cl)cc4Cl)c3)c(O)[n+](Cc3cnc(Cl)s3)c12. The molecule has 0 fully saturated rings. The summed E-state index contributed by atoms with van der Waals surface area (Å²) in [6, 6.07) is 12.5. The molecule has 4 heterocycles. The molecule has 0 unspecified atom stereocenters. The Hall–Kier alpha value is -2.97. The van der Waals surface area contributed by atoms with Crippen LogP contribution in [0.2, 0.25) is 14.6 Å². The molecular weight excluding hydrogens is 515 g/mol. The number of hydrogen-bond acceptors (Lipinski definition) is 5. The number of hydrogen-bond donors (Lipinski definition) is 1. The molecule has 5 rings (SSSR count). The summed E-state index contributed by atoms with van der Waals surface area (Å²) < 4.78 is 3.64. The van der Waals surface area contributed by atoms with Crippen molar-refractivity contribution < 1.29 is 9.67 Å². The Balaban J connectivity index is 1.76. The highest BCUT2D eigenvalue weighted by Gasteiger charge is 2.27. The Kier molecular flexibility index (Phi) is 6.04. The third kappa shape index (κ3) is 4.05. The predicted molar refractivity (Wildman–Crippen MR) is 135 cm³/mol. The summed E-state index contributed by atoms with van der Waals surface area (Å²) in [6.07, 6.45) is 4.93. The first-order chi connectivity index (χ1) is 16.3. The van der Waals surface area contributed by atoms with Gasteiger partial charge in [-0.1, -0.05) is 53.0 Å². The number of thiazole rings is 1. The second-order valence-electron chi connectivity index (χ2n) is 7.62. The van der Waals surface area contributed by atoms with Crippen LogP contribution in [-0.2, 0) is 6.54 Å². The van der Waals surface area contributed by atoms with Crippen molar-refractivity contribution in [2.24, 2.45) is 0 Å². The lowest BCUT2D eigenvalue weighted by molar-refractivity contribution is -0.671. The average molecular weight is 531 g/mol. The Morgan fingerprint density at radius 2 is 1.85 bits per heavy atom. The highest BCUT2D eigenvalue weighted by molar-refractivity contribution is 7.15. The summed E-state index contributed by atoms with van der Waals surface area (Å²) in [7, 11) is 0. The molecule has 170 valence electrons. The summed E-state index contributed by atoms with van der Waals surface area (Å²) in [6.45, 7) is 2.19. The van der Waals surface area contributed by atoms with Gasteiger partial charge in [0.1, 0.15) is 11.7 Å². The zero-order valence-electron chi connectivity index (χ0n) is 17.7. The first-order valence-electron chi connectivity index (χ1n) is 10.1. The van der Waals surface area contributed by atoms with E-state index in [-0.39, 0.29) is 22.2 Å². The Morgan fingerprint density at radius 3 is 2.59 bits per heavy atom. The normalized spacial score (nSPS) is 11.3. The van der Waals surface area contributed by atoms with Gasteiger partial charge in [-0.2, -0.15) is 8.97 Å². The smallest absolute Gasteiger partial charge is 0.354 e. The summed E-state index contributed by atoms with van der Waals surface area (Å²) >= 11 is 19.7. The molecule has 0 amide bonds. The van der Waals surface area contributed by atoms with Crippen LogP contribution < -0.4 is 10.1 Å². The van der Waals surface area contributed by atoms with E-state index in [9.17, 15) is 9.90 Å². The van der Waals surface area contributed by atoms with Crippen molar-refractivity contribution in [2.45, 2.75) is 13.5 Å². The molecule has 1 N–H and O–H groups in total. The van der Waals surface area contributed by atoms with E-state index in [1.165, 1.54) is 15.7 Å². The van der Waals surface area contributed by atoms with Gasteiger partial charge in [-0.3, -0.25) is 0 Å². The van der Waals surface area contributed by atoms with Crippen LogP contribution in [-0.4, -0.2) is 19.5 Å². The number of aromatic hydroxyl groups is 1.